The average molecular weight is 313 g/mol. The highest BCUT2D eigenvalue weighted by Gasteiger charge is 2.09. The van der Waals surface area contributed by atoms with Gasteiger partial charge in [-0.15, -0.1) is 0 Å². The number of ether oxygens (including phenoxy) is 1. The molecule has 0 radical (unpaired) electrons. The molecule has 2 heterocycles. The van der Waals surface area contributed by atoms with Crippen LogP contribution >= 0.6 is 11.8 Å². The van der Waals surface area contributed by atoms with Crippen molar-refractivity contribution in [3.8, 4) is 5.75 Å². The van der Waals surface area contributed by atoms with E-state index in [1.807, 2.05) is 31.2 Å². The van der Waals surface area contributed by atoms with E-state index in [-0.39, 0.29) is 5.56 Å². The van der Waals surface area contributed by atoms with Crippen LogP contribution in [0.5, 0.6) is 5.75 Å². The summed E-state index contributed by atoms with van der Waals surface area (Å²) in [6.45, 7) is 3.75. The molecule has 0 bridgehead atoms. The summed E-state index contributed by atoms with van der Waals surface area (Å²) in [7, 11) is 1.63. The van der Waals surface area contributed by atoms with Gasteiger partial charge in [-0.25, -0.2) is 4.98 Å². The van der Waals surface area contributed by atoms with Crippen molar-refractivity contribution < 1.29 is 4.74 Å². The molecular formula is C16H15N3O2S. The van der Waals surface area contributed by atoms with Crippen molar-refractivity contribution in [3.63, 3.8) is 0 Å². The molecule has 0 atom stereocenters. The SMILES string of the molecule is COc1ccc2nc(C)cc(Sc3nc(C)cc(=O)[nH]3)c2c1. The van der Waals surface area contributed by atoms with E-state index >= 15 is 0 Å². The first-order valence-electron chi connectivity index (χ1n) is 6.76. The van der Waals surface area contributed by atoms with Crippen LogP contribution < -0.4 is 10.3 Å². The quantitative estimate of drug-likeness (QED) is 0.753. The largest absolute Gasteiger partial charge is 0.497 e. The number of pyridine rings is 1. The van der Waals surface area contributed by atoms with Crippen molar-refractivity contribution in [1.29, 1.82) is 0 Å². The lowest BCUT2D eigenvalue weighted by molar-refractivity contribution is 0.415. The molecule has 3 aromatic rings. The molecule has 0 aliphatic carbocycles. The van der Waals surface area contributed by atoms with Crippen molar-refractivity contribution in [3.05, 3.63) is 52.1 Å². The summed E-state index contributed by atoms with van der Waals surface area (Å²) >= 11 is 1.42. The van der Waals surface area contributed by atoms with Gasteiger partial charge in [0.2, 0.25) is 0 Å². The van der Waals surface area contributed by atoms with Crippen molar-refractivity contribution in [2.75, 3.05) is 7.11 Å². The third kappa shape index (κ3) is 2.96. The zero-order chi connectivity index (χ0) is 15.7. The highest BCUT2D eigenvalue weighted by molar-refractivity contribution is 7.99. The molecule has 1 aromatic carbocycles. The molecule has 112 valence electrons. The van der Waals surface area contributed by atoms with Crippen LogP contribution in [0.1, 0.15) is 11.4 Å². The van der Waals surface area contributed by atoms with E-state index in [0.29, 0.717) is 10.9 Å². The van der Waals surface area contributed by atoms with E-state index in [0.717, 1.165) is 27.2 Å². The number of hydrogen-bond donors (Lipinski definition) is 1. The second-order valence-electron chi connectivity index (χ2n) is 4.94. The molecule has 22 heavy (non-hydrogen) atoms. The molecule has 3 rings (SSSR count). The van der Waals surface area contributed by atoms with Crippen molar-refractivity contribution >= 4 is 22.7 Å². The average Bonchev–Trinajstić information content (AvgIpc) is 2.45. The molecular weight excluding hydrogens is 298 g/mol. The summed E-state index contributed by atoms with van der Waals surface area (Å²) in [5.74, 6) is 0.769. The number of aromatic amines is 1. The molecule has 6 heteroatoms. The van der Waals surface area contributed by atoms with Gasteiger partial charge in [-0.2, -0.15) is 0 Å². The lowest BCUT2D eigenvalue weighted by Gasteiger charge is -2.09. The monoisotopic (exact) mass is 313 g/mol. The molecule has 0 fully saturated rings. The molecule has 5 nitrogen and oxygen atoms in total. The topological polar surface area (TPSA) is 67.9 Å². The highest BCUT2D eigenvalue weighted by Crippen LogP contribution is 2.33. The Morgan fingerprint density at radius 3 is 2.59 bits per heavy atom. The van der Waals surface area contributed by atoms with Crippen molar-refractivity contribution in [1.82, 2.24) is 15.0 Å². The van der Waals surface area contributed by atoms with Crippen molar-refractivity contribution in [2.45, 2.75) is 23.9 Å². The molecule has 1 N–H and O–H groups in total. The number of H-pyrrole nitrogens is 1. The molecule has 0 amide bonds. The number of benzene rings is 1. The molecule has 0 aliphatic heterocycles. The Morgan fingerprint density at radius 2 is 1.86 bits per heavy atom. The maximum atomic E-state index is 11.6. The number of fused-ring (bicyclic) bond motifs is 1. The lowest BCUT2D eigenvalue weighted by Crippen LogP contribution is -2.07. The number of aromatic nitrogens is 3. The predicted octanol–water partition coefficient (Wildman–Crippen LogP) is 3.09. The Hall–Kier alpha value is -2.34. The van der Waals surface area contributed by atoms with E-state index in [1.165, 1.54) is 17.8 Å². The number of methoxy groups -OCH3 is 1. The number of nitrogens with zero attached hydrogens (tertiary/aromatic N) is 2. The maximum absolute atomic E-state index is 11.6. The Labute approximate surface area is 131 Å². The van der Waals surface area contributed by atoms with E-state index in [9.17, 15) is 4.79 Å². The number of aryl methyl sites for hydroxylation is 2. The minimum atomic E-state index is -0.150. The van der Waals surface area contributed by atoms with Crippen LogP contribution in [0, 0.1) is 13.8 Å². The normalized spacial score (nSPS) is 10.9. The Morgan fingerprint density at radius 1 is 1.09 bits per heavy atom. The predicted molar refractivity (Wildman–Crippen MR) is 86.7 cm³/mol. The Bertz CT molecular complexity index is 906. The zero-order valence-electron chi connectivity index (χ0n) is 12.5. The van der Waals surface area contributed by atoms with Crippen LogP contribution in [0.2, 0.25) is 0 Å². The Balaban J connectivity index is 2.14. The van der Waals surface area contributed by atoms with Gasteiger partial charge in [-0.1, -0.05) is 11.8 Å². The molecule has 0 saturated heterocycles. The van der Waals surface area contributed by atoms with Crippen LogP contribution in [0.25, 0.3) is 10.9 Å². The fraction of sp³-hybridized carbons (Fsp3) is 0.188. The molecule has 0 saturated carbocycles. The minimum Gasteiger partial charge on any atom is -0.497 e. The summed E-state index contributed by atoms with van der Waals surface area (Å²) in [4.78, 5) is 24.2. The standard InChI is InChI=1S/C16H15N3O2S/c1-9-6-14(22-16-18-10(2)7-15(20)19-16)12-8-11(21-3)4-5-13(12)17-9/h4-8H,1-3H3,(H,18,19,20). The first-order valence-corrected chi connectivity index (χ1v) is 7.58. The van der Waals surface area contributed by atoms with Crippen molar-refractivity contribution in [2.24, 2.45) is 0 Å². The van der Waals surface area contributed by atoms with Gasteiger partial charge in [0.1, 0.15) is 5.75 Å². The maximum Gasteiger partial charge on any atom is 0.251 e. The zero-order valence-corrected chi connectivity index (χ0v) is 13.3. The third-order valence-corrected chi connectivity index (χ3v) is 4.10. The first kappa shape index (κ1) is 14.6. The summed E-state index contributed by atoms with van der Waals surface area (Å²) < 4.78 is 5.29. The van der Waals surface area contributed by atoms with Gasteiger partial charge in [0, 0.05) is 27.7 Å². The number of hydrogen-bond acceptors (Lipinski definition) is 5. The van der Waals surface area contributed by atoms with Gasteiger partial charge < -0.3 is 9.72 Å². The lowest BCUT2D eigenvalue weighted by atomic mass is 10.2. The summed E-state index contributed by atoms with van der Waals surface area (Å²) in [5, 5.41) is 1.54. The minimum absolute atomic E-state index is 0.150. The van der Waals surface area contributed by atoms with Gasteiger partial charge >= 0.3 is 0 Å². The van der Waals surface area contributed by atoms with E-state index < -0.39 is 0 Å². The van der Waals surface area contributed by atoms with Gasteiger partial charge in [0.15, 0.2) is 5.16 Å². The second-order valence-corrected chi connectivity index (χ2v) is 5.97. The number of rotatable bonds is 3. The number of nitrogens with one attached hydrogen (secondary N) is 1. The molecule has 0 spiro atoms. The second kappa shape index (κ2) is 5.81. The van der Waals surface area contributed by atoms with Crippen LogP contribution in [0.3, 0.4) is 0 Å². The van der Waals surface area contributed by atoms with Crippen LogP contribution in [-0.4, -0.2) is 22.1 Å². The first-order chi connectivity index (χ1) is 10.5. The van der Waals surface area contributed by atoms with Crippen LogP contribution in [0.15, 0.2) is 45.2 Å². The fourth-order valence-corrected chi connectivity index (χ4v) is 3.27. The highest BCUT2D eigenvalue weighted by atomic mass is 32.2. The van der Waals surface area contributed by atoms with E-state index in [1.54, 1.807) is 14.0 Å². The third-order valence-electron chi connectivity index (χ3n) is 3.16. The summed E-state index contributed by atoms with van der Waals surface area (Å²) in [6, 6.07) is 9.21. The van der Waals surface area contributed by atoms with Gasteiger partial charge in [0.25, 0.3) is 5.56 Å². The van der Waals surface area contributed by atoms with E-state index in [4.69, 9.17) is 4.74 Å². The van der Waals surface area contributed by atoms with Crippen LogP contribution in [0.4, 0.5) is 0 Å². The fourth-order valence-electron chi connectivity index (χ4n) is 2.22. The molecule has 2 aromatic heterocycles. The Kier molecular flexibility index (Phi) is 3.85. The molecule has 0 aliphatic rings. The smallest absolute Gasteiger partial charge is 0.251 e. The van der Waals surface area contributed by atoms with E-state index in [2.05, 4.69) is 15.0 Å². The van der Waals surface area contributed by atoms with Gasteiger partial charge in [-0.3, -0.25) is 9.78 Å². The van der Waals surface area contributed by atoms with Gasteiger partial charge in [0.05, 0.1) is 12.6 Å². The molecule has 0 unspecified atom stereocenters. The van der Waals surface area contributed by atoms with Gasteiger partial charge in [-0.05, 0) is 38.1 Å². The van der Waals surface area contributed by atoms with Crippen LogP contribution in [-0.2, 0) is 0 Å². The summed E-state index contributed by atoms with van der Waals surface area (Å²) in [5.41, 5.74) is 2.34. The summed E-state index contributed by atoms with van der Waals surface area (Å²) in [6.07, 6.45) is 0.